The Kier molecular flexibility index (Phi) is 3.14. The van der Waals surface area contributed by atoms with E-state index in [4.69, 9.17) is 0 Å². The van der Waals surface area contributed by atoms with E-state index in [1.165, 1.54) is 25.6 Å². The molecule has 104 valence electrons. The Balaban J connectivity index is 1.78. The number of hydrogen-bond donors (Lipinski definition) is 1. The molecule has 2 fully saturated rings. The third kappa shape index (κ3) is 2.18. The smallest absolute Gasteiger partial charge is 0.360 e. The maximum atomic E-state index is 11.0. The lowest BCUT2D eigenvalue weighted by molar-refractivity contribution is -0.388. The van der Waals surface area contributed by atoms with E-state index in [9.17, 15) is 10.1 Å². The summed E-state index contributed by atoms with van der Waals surface area (Å²) in [7, 11) is 1.79. The molecular weight excluding hydrogens is 246 g/mol. The van der Waals surface area contributed by atoms with Crippen molar-refractivity contribution in [1.82, 2.24) is 14.5 Å². The van der Waals surface area contributed by atoms with Gasteiger partial charge in [-0.3, -0.25) is 9.47 Å². The summed E-state index contributed by atoms with van der Waals surface area (Å²) in [5.74, 6) is 0.458. The van der Waals surface area contributed by atoms with Gasteiger partial charge in [-0.25, -0.2) is 0 Å². The summed E-state index contributed by atoms with van der Waals surface area (Å²) in [5, 5.41) is 14.3. The van der Waals surface area contributed by atoms with Crippen LogP contribution in [0.5, 0.6) is 0 Å². The van der Waals surface area contributed by atoms with Crippen molar-refractivity contribution < 1.29 is 4.92 Å². The van der Waals surface area contributed by atoms with Crippen molar-refractivity contribution in [3.63, 3.8) is 0 Å². The van der Waals surface area contributed by atoms with Crippen LogP contribution in [0.15, 0.2) is 6.33 Å². The molecule has 1 N–H and O–H groups in total. The zero-order valence-corrected chi connectivity index (χ0v) is 11.1. The lowest BCUT2D eigenvalue weighted by atomic mass is 9.99. The molecule has 2 aliphatic rings. The number of aryl methyl sites for hydroxylation is 1. The Morgan fingerprint density at radius 2 is 2.26 bits per heavy atom. The van der Waals surface area contributed by atoms with Gasteiger partial charge in [0.25, 0.3) is 0 Å². The molecule has 0 bridgehead atoms. The minimum atomic E-state index is -0.421. The highest BCUT2D eigenvalue weighted by Gasteiger charge is 2.37. The van der Waals surface area contributed by atoms with Crippen LogP contribution in [-0.2, 0) is 7.05 Å². The molecule has 3 heterocycles. The Bertz CT molecular complexity index is 486. The second kappa shape index (κ2) is 4.80. The summed E-state index contributed by atoms with van der Waals surface area (Å²) >= 11 is 0. The molecule has 2 saturated heterocycles. The van der Waals surface area contributed by atoms with E-state index >= 15 is 0 Å². The van der Waals surface area contributed by atoms with Crippen molar-refractivity contribution >= 4 is 11.6 Å². The van der Waals surface area contributed by atoms with Gasteiger partial charge in [0.2, 0.25) is 12.1 Å². The number of hydrogen-bond acceptors (Lipinski definition) is 5. The first-order valence-corrected chi connectivity index (χ1v) is 6.83. The summed E-state index contributed by atoms with van der Waals surface area (Å²) in [6, 6.07) is 0.817. The van der Waals surface area contributed by atoms with Crippen LogP contribution in [0.3, 0.4) is 0 Å². The molecule has 1 aromatic heterocycles. The Hall–Kier alpha value is -1.63. The SMILES string of the molecule is Cn1cnc([N+](=O)[O-])c1NC1CCN2CCCCC12. The van der Waals surface area contributed by atoms with Crippen LogP contribution in [0.1, 0.15) is 25.7 Å². The molecule has 3 rings (SSSR count). The standard InChI is InChI=1S/C12H19N5O2/c1-15-8-13-11(17(18)19)12(15)14-9-5-7-16-6-3-2-4-10(9)16/h8-10,14H,2-7H2,1H3. The largest absolute Gasteiger partial charge is 0.406 e. The number of rotatable bonds is 3. The van der Waals surface area contributed by atoms with Gasteiger partial charge in [-0.1, -0.05) is 6.42 Å². The highest BCUT2D eigenvalue weighted by molar-refractivity contribution is 5.53. The molecule has 19 heavy (non-hydrogen) atoms. The minimum absolute atomic E-state index is 0.0724. The zero-order chi connectivity index (χ0) is 13.4. The second-order valence-electron chi connectivity index (χ2n) is 5.42. The van der Waals surface area contributed by atoms with Crippen molar-refractivity contribution in [2.24, 2.45) is 7.05 Å². The number of anilines is 1. The van der Waals surface area contributed by atoms with Gasteiger partial charge >= 0.3 is 5.82 Å². The highest BCUT2D eigenvalue weighted by atomic mass is 16.6. The van der Waals surface area contributed by atoms with Gasteiger partial charge in [0.15, 0.2) is 0 Å². The predicted molar refractivity (Wildman–Crippen MR) is 71.1 cm³/mol. The highest BCUT2D eigenvalue weighted by Crippen LogP contribution is 2.31. The van der Waals surface area contributed by atoms with Gasteiger partial charge < -0.3 is 15.4 Å². The molecule has 0 amide bonds. The molecule has 7 nitrogen and oxygen atoms in total. The van der Waals surface area contributed by atoms with Crippen molar-refractivity contribution in [1.29, 1.82) is 0 Å². The maximum absolute atomic E-state index is 11.0. The number of imidazole rings is 1. The van der Waals surface area contributed by atoms with E-state index in [1.807, 2.05) is 0 Å². The van der Waals surface area contributed by atoms with Gasteiger partial charge in [-0.05, 0) is 35.7 Å². The fourth-order valence-corrected chi connectivity index (χ4v) is 3.31. The summed E-state index contributed by atoms with van der Waals surface area (Å²) in [4.78, 5) is 16.9. The number of nitro groups is 1. The first-order chi connectivity index (χ1) is 9.16. The number of nitrogens with one attached hydrogen (secondary N) is 1. The lowest BCUT2D eigenvalue weighted by Crippen LogP contribution is -2.42. The first-order valence-electron chi connectivity index (χ1n) is 6.83. The van der Waals surface area contributed by atoms with E-state index in [0.29, 0.717) is 17.9 Å². The van der Waals surface area contributed by atoms with Crippen LogP contribution in [0.25, 0.3) is 0 Å². The molecule has 0 aliphatic carbocycles. The monoisotopic (exact) mass is 265 g/mol. The van der Waals surface area contributed by atoms with Crippen molar-refractivity contribution in [3.05, 3.63) is 16.4 Å². The molecule has 2 aliphatic heterocycles. The first kappa shape index (κ1) is 12.4. The summed E-state index contributed by atoms with van der Waals surface area (Å²) in [5.41, 5.74) is 0. The second-order valence-corrected chi connectivity index (χ2v) is 5.42. The minimum Gasteiger partial charge on any atom is -0.360 e. The molecule has 0 radical (unpaired) electrons. The average Bonchev–Trinajstić information content (AvgIpc) is 2.96. The maximum Gasteiger partial charge on any atom is 0.406 e. The van der Waals surface area contributed by atoms with Gasteiger partial charge in [0.1, 0.15) is 0 Å². The molecule has 0 saturated carbocycles. The number of aromatic nitrogens is 2. The normalized spacial score (nSPS) is 27.2. The fourth-order valence-electron chi connectivity index (χ4n) is 3.31. The Labute approximate surface area is 111 Å². The fraction of sp³-hybridized carbons (Fsp3) is 0.750. The number of piperidine rings is 1. The Morgan fingerprint density at radius 1 is 1.42 bits per heavy atom. The van der Waals surface area contributed by atoms with Gasteiger partial charge in [0.05, 0.1) is 0 Å². The van der Waals surface area contributed by atoms with Crippen LogP contribution >= 0.6 is 0 Å². The van der Waals surface area contributed by atoms with Crippen LogP contribution in [0.2, 0.25) is 0 Å². The molecule has 2 unspecified atom stereocenters. The average molecular weight is 265 g/mol. The molecule has 2 atom stereocenters. The van der Waals surface area contributed by atoms with Crippen LogP contribution < -0.4 is 5.32 Å². The third-order valence-corrected chi connectivity index (χ3v) is 4.27. The molecule has 0 aromatic carbocycles. The zero-order valence-electron chi connectivity index (χ0n) is 11.1. The number of nitrogens with zero attached hydrogens (tertiary/aromatic N) is 4. The van der Waals surface area contributed by atoms with E-state index in [2.05, 4.69) is 15.2 Å². The van der Waals surface area contributed by atoms with Crippen LogP contribution in [0, 0.1) is 10.1 Å². The van der Waals surface area contributed by atoms with E-state index in [-0.39, 0.29) is 5.82 Å². The number of fused-ring (bicyclic) bond motifs is 1. The lowest BCUT2D eigenvalue weighted by Gasteiger charge is -2.32. The molecule has 7 heteroatoms. The summed E-state index contributed by atoms with van der Waals surface area (Å²) in [6.07, 6.45) is 6.26. The molecular formula is C12H19N5O2. The third-order valence-electron chi connectivity index (χ3n) is 4.27. The van der Waals surface area contributed by atoms with Crippen molar-refractivity contribution in [2.75, 3.05) is 18.4 Å². The van der Waals surface area contributed by atoms with Gasteiger partial charge in [0, 0.05) is 25.7 Å². The topological polar surface area (TPSA) is 76.2 Å². The summed E-state index contributed by atoms with van der Waals surface area (Å²) < 4.78 is 1.70. The van der Waals surface area contributed by atoms with Gasteiger partial charge in [-0.2, -0.15) is 0 Å². The van der Waals surface area contributed by atoms with Crippen LogP contribution in [0.4, 0.5) is 11.6 Å². The molecule has 0 spiro atoms. The van der Waals surface area contributed by atoms with Gasteiger partial charge in [-0.15, -0.1) is 0 Å². The molecule has 1 aromatic rings. The predicted octanol–water partition coefficient (Wildman–Crippen LogP) is 1.37. The quantitative estimate of drug-likeness (QED) is 0.659. The van der Waals surface area contributed by atoms with Crippen molar-refractivity contribution in [2.45, 2.75) is 37.8 Å². The van der Waals surface area contributed by atoms with E-state index in [0.717, 1.165) is 19.5 Å². The van der Waals surface area contributed by atoms with Crippen molar-refractivity contribution in [3.8, 4) is 0 Å². The summed E-state index contributed by atoms with van der Waals surface area (Å²) in [6.45, 7) is 2.25. The van der Waals surface area contributed by atoms with E-state index < -0.39 is 4.92 Å². The van der Waals surface area contributed by atoms with E-state index in [1.54, 1.807) is 11.6 Å². The Morgan fingerprint density at radius 3 is 3.05 bits per heavy atom. The van der Waals surface area contributed by atoms with Crippen LogP contribution in [-0.4, -0.2) is 44.5 Å².